The number of benzene rings is 1. The number of aromatic nitrogens is 1. The van der Waals surface area contributed by atoms with E-state index in [0.29, 0.717) is 15.7 Å². The maximum Gasteiger partial charge on any atom is 0.257 e. The van der Waals surface area contributed by atoms with E-state index in [1.165, 1.54) is 24.4 Å². The summed E-state index contributed by atoms with van der Waals surface area (Å²) in [5, 5.41) is 2.63. The van der Waals surface area contributed by atoms with Crippen LogP contribution < -0.4 is 11.1 Å². The van der Waals surface area contributed by atoms with Gasteiger partial charge >= 0.3 is 0 Å². The van der Waals surface area contributed by atoms with Crippen molar-refractivity contribution < 1.29 is 9.18 Å². The first-order valence-corrected chi connectivity index (χ1v) is 6.69. The molecule has 0 atom stereocenters. The molecule has 0 bridgehead atoms. The second kappa shape index (κ2) is 6.06. The summed E-state index contributed by atoms with van der Waals surface area (Å²) in [5.74, 6) is -0.863. The Bertz CT molecular complexity index is 693. The van der Waals surface area contributed by atoms with Gasteiger partial charge in [-0.2, -0.15) is 0 Å². The molecule has 0 radical (unpaired) electrons. The minimum Gasteiger partial charge on any atom is -0.389 e. The zero-order chi connectivity index (χ0) is 14.7. The standard InChI is InChI=1S/C13H9BrFN3OS/c14-8-3-7(5-17-6-8)13(19)18-11-2-1-9(15)4-10(11)12(16)20/h1-6H,(H2,16,20)(H,18,19). The molecule has 0 spiro atoms. The van der Waals surface area contributed by atoms with Crippen molar-refractivity contribution >= 4 is 44.7 Å². The molecule has 0 aliphatic carbocycles. The smallest absolute Gasteiger partial charge is 0.257 e. The Morgan fingerprint density at radius 1 is 1.35 bits per heavy atom. The van der Waals surface area contributed by atoms with E-state index in [9.17, 15) is 9.18 Å². The van der Waals surface area contributed by atoms with Gasteiger partial charge < -0.3 is 11.1 Å². The van der Waals surface area contributed by atoms with Crippen LogP contribution in [-0.2, 0) is 0 Å². The highest BCUT2D eigenvalue weighted by Gasteiger charge is 2.12. The lowest BCUT2D eigenvalue weighted by Crippen LogP contribution is -2.18. The van der Waals surface area contributed by atoms with Crippen molar-refractivity contribution in [2.45, 2.75) is 0 Å². The Morgan fingerprint density at radius 3 is 2.75 bits per heavy atom. The van der Waals surface area contributed by atoms with Crippen LogP contribution in [0.15, 0.2) is 41.1 Å². The third-order valence-corrected chi connectivity index (χ3v) is 3.12. The summed E-state index contributed by atoms with van der Waals surface area (Å²) in [7, 11) is 0. The molecular formula is C13H9BrFN3OS. The summed E-state index contributed by atoms with van der Waals surface area (Å²) in [6, 6.07) is 5.42. The van der Waals surface area contributed by atoms with E-state index in [4.69, 9.17) is 18.0 Å². The summed E-state index contributed by atoms with van der Waals surface area (Å²) in [4.78, 5) is 16.0. The topological polar surface area (TPSA) is 68.0 Å². The molecule has 2 aromatic rings. The number of hydrogen-bond donors (Lipinski definition) is 2. The molecule has 2 rings (SSSR count). The summed E-state index contributed by atoms with van der Waals surface area (Å²) >= 11 is 8.07. The van der Waals surface area contributed by atoms with Crippen LogP contribution in [0.1, 0.15) is 15.9 Å². The number of nitrogens with two attached hydrogens (primary N) is 1. The lowest BCUT2D eigenvalue weighted by atomic mass is 10.1. The number of anilines is 1. The van der Waals surface area contributed by atoms with Gasteiger partial charge in [0, 0.05) is 22.4 Å². The van der Waals surface area contributed by atoms with Crippen LogP contribution in [0.2, 0.25) is 0 Å². The van der Waals surface area contributed by atoms with E-state index >= 15 is 0 Å². The molecule has 3 N–H and O–H groups in total. The average Bonchev–Trinajstić information content (AvgIpc) is 2.40. The fraction of sp³-hybridized carbons (Fsp3) is 0. The van der Waals surface area contributed by atoms with Crippen molar-refractivity contribution in [3.8, 4) is 0 Å². The fourth-order valence-corrected chi connectivity index (χ4v) is 2.09. The van der Waals surface area contributed by atoms with Gasteiger partial charge in [-0.15, -0.1) is 0 Å². The van der Waals surface area contributed by atoms with Gasteiger partial charge in [0.2, 0.25) is 0 Å². The van der Waals surface area contributed by atoms with Crippen LogP contribution in [-0.4, -0.2) is 15.9 Å². The van der Waals surface area contributed by atoms with Crippen molar-refractivity contribution in [1.29, 1.82) is 0 Å². The predicted molar refractivity (Wildman–Crippen MR) is 82.2 cm³/mol. The molecule has 102 valence electrons. The zero-order valence-corrected chi connectivity index (χ0v) is 12.5. The maximum absolute atomic E-state index is 13.2. The van der Waals surface area contributed by atoms with Crippen LogP contribution in [0.3, 0.4) is 0 Å². The molecule has 1 aromatic heterocycles. The number of nitrogens with zero attached hydrogens (tertiary/aromatic N) is 1. The van der Waals surface area contributed by atoms with Crippen molar-refractivity contribution in [2.75, 3.05) is 5.32 Å². The number of carbonyl (C=O) groups excluding carboxylic acids is 1. The molecule has 1 amide bonds. The summed E-state index contributed by atoms with van der Waals surface area (Å²) in [6.07, 6.45) is 2.99. The van der Waals surface area contributed by atoms with Crippen molar-refractivity contribution in [2.24, 2.45) is 5.73 Å². The average molecular weight is 354 g/mol. The molecule has 1 aromatic carbocycles. The van der Waals surface area contributed by atoms with Gasteiger partial charge in [-0.05, 0) is 40.2 Å². The highest BCUT2D eigenvalue weighted by molar-refractivity contribution is 9.10. The highest BCUT2D eigenvalue weighted by Crippen LogP contribution is 2.18. The summed E-state index contributed by atoms with van der Waals surface area (Å²) in [5.41, 5.74) is 6.50. The largest absolute Gasteiger partial charge is 0.389 e. The SMILES string of the molecule is NC(=S)c1cc(F)ccc1NC(=O)c1cncc(Br)c1. The third-order valence-electron chi connectivity index (χ3n) is 2.46. The first-order chi connectivity index (χ1) is 9.47. The molecule has 20 heavy (non-hydrogen) atoms. The second-order valence-electron chi connectivity index (χ2n) is 3.90. The molecular weight excluding hydrogens is 345 g/mol. The molecule has 0 fully saturated rings. The van der Waals surface area contributed by atoms with E-state index in [2.05, 4.69) is 26.2 Å². The Balaban J connectivity index is 2.30. The number of amides is 1. The zero-order valence-electron chi connectivity index (χ0n) is 10.1. The van der Waals surface area contributed by atoms with Crippen LogP contribution in [0, 0.1) is 5.82 Å². The lowest BCUT2D eigenvalue weighted by Gasteiger charge is -2.10. The van der Waals surface area contributed by atoms with Crippen molar-refractivity contribution in [3.63, 3.8) is 0 Å². The molecule has 0 saturated carbocycles. The first-order valence-electron chi connectivity index (χ1n) is 5.48. The number of hydrogen-bond acceptors (Lipinski definition) is 3. The normalized spacial score (nSPS) is 10.1. The number of rotatable bonds is 3. The van der Waals surface area contributed by atoms with Gasteiger partial charge in [0.25, 0.3) is 5.91 Å². The lowest BCUT2D eigenvalue weighted by molar-refractivity contribution is 0.102. The second-order valence-corrected chi connectivity index (χ2v) is 5.26. The molecule has 0 aliphatic rings. The maximum atomic E-state index is 13.2. The molecule has 4 nitrogen and oxygen atoms in total. The van der Waals surface area contributed by atoms with Gasteiger partial charge in [-0.1, -0.05) is 12.2 Å². The van der Waals surface area contributed by atoms with Gasteiger partial charge in [0.15, 0.2) is 0 Å². The van der Waals surface area contributed by atoms with Crippen LogP contribution >= 0.6 is 28.1 Å². The van der Waals surface area contributed by atoms with E-state index in [0.717, 1.165) is 0 Å². The quantitative estimate of drug-likeness (QED) is 0.832. The van der Waals surface area contributed by atoms with E-state index in [1.807, 2.05) is 0 Å². The van der Waals surface area contributed by atoms with Gasteiger partial charge in [-0.3, -0.25) is 9.78 Å². The van der Waals surface area contributed by atoms with E-state index < -0.39 is 5.82 Å². The summed E-state index contributed by atoms with van der Waals surface area (Å²) < 4.78 is 13.9. The van der Waals surface area contributed by atoms with E-state index in [-0.39, 0.29) is 16.5 Å². The molecule has 0 aliphatic heterocycles. The van der Waals surface area contributed by atoms with Crippen LogP contribution in [0.25, 0.3) is 0 Å². The molecule has 0 unspecified atom stereocenters. The monoisotopic (exact) mass is 353 g/mol. The Hall–Kier alpha value is -1.86. The number of nitrogens with one attached hydrogen (secondary N) is 1. The number of pyridine rings is 1. The Labute approximate surface area is 128 Å². The Morgan fingerprint density at radius 2 is 2.10 bits per heavy atom. The van der Waals surface area contributed by atoms with E-state index in [1.54, 1.807) is 12.3 Å². The number of carbonyl (C=O) groups is 1. The number of halogens is 2. The van der Waals surface area contributed by atoms with Gasteiger partial charge in [0.1, 0.15) is 10.8 Å². The Kier molecular flexibility index (Phi) is 4.41. The van der Waals surface area contributed by atoms with Crippen molar-refractivity contribution in [1.82, 2.24) is 4.98 Å². The van der Waals surface area contributed by atoms with Crippen LogP contribution in [0.4, 0.5) is 10.1 Å². The van der Waals surface area contributed by atoms with Gasteiger partial charge in [0.05, 0.1) is 11.3 Å². The first kappa shape index (κ1) is 14.5. The molecule has 7 heteroatoms. The fourth-order valence-electron chi connectivity index (χ4n) is 1.56. The molecule has 1 heterocycles. The number of thiocarbonyl (C=S) groups is 1. The van der Waals surface area contributed by atoms with Crippen LogP contribution in [0.5, 0.6) is 0 Å². The van der Waals surface area contributed by atoms with Crippen molar-refractivity contribution in [3.05, 3.63) is 58.1 Å². The van der Waals surface area contributed by atoms with Gasteiger partial charge in [-0.25, -0.2) is 4.39 Å². The minimum atomic E-state index is -0.477. The predicted octanol–water partition coefficient (Wildman–Crippen LogP) is 2.87. The molecule has 0 saturated heterocycles. The highest BCUT2D eigenvalue weighted by atomic mass is 79.9. The summed E-state index contributed by atoms with van der Waals surface area (Å²) in [6.45, 7) is 0. The minimum absolute atomic E-state index is 0.00664. The third kappa shape index (κ3) is 3.37.